The van der Waals surface area contributed by atoms with Gasteiger partial charge in [0.25, 0.3) is 0 Å². The van der Waals surface area contributed by atoms with Crippen LogP contribution in [-0.2, 0) is 4.79 Å². The molecule has 4 aromatic rings. The highest BCUT2D eigenvalue weighted by molar-refractivity contribution is 6.03. The summed E-state index contributed by atoms with van der Waals surface area (Å²) in [5.74, 6) is -4.34. The SMILES string of the molecule is Cc1cccc(NC(=O)N2C(c3ccc(C#N)cc3)C(C(=O)c3cccc(C)c3)C(c3ccc(F)cc3)C2(C)C(=O)O)c1. The number of aryl methyl sites for hydroxylation is 2. The van der Waals surface area contributed by atoms with Crippen molar-refractivity contribution < 1.29 is 23.9 Å². The zero-order chi connectivity index (χ0) is 30.9. The minimum Gasteiger partial charge on any atom is -0.479 e. The van der Waals surface area contributed by atoms with Gasteiger partial charge in [0.1, 0.15) is 11.4 Å². The standard InChI is InChI=1S/C35H30FN3O4/c1-21-6-4-8-26(18-21)32(40)29-30(24-14-16-27(36)17-15-24)35(3,33(41)42)39(31(29)25-12-10-23(20-37)11-13-25)34(43)38-28-9-5-7-22(2)19-28/h4-19,29-31H,1-3H3,(H,38,43)(H,41,42). The van der Waals surface area contributed by atoms with E-state index in [2.05, 4.69) is 11.4 Å². The van der Waals surface area contributed by atoms with Crippen molar-refractivity contribution in [1.29, 1.82) is 5.26 Å². The molecule has 4 aromatic carbocycles. The number of urea groups is 1. The van der Waals surface area contributed by atoms with E-state index in [0.717, 1.165) is 11.1 Å². The van der Waals surface area contributed by atoms with Gasteiger partial charge in [-0.05, 0) is 79.9 Å². The van der Waals surface area contributed by atoms with Crippen LogP contribution in [0.15, 0.2) is 97.1 Å². The highest BCUT2D eigenvalue weighted by atomic mass is 19.1. The van der Waals surface area contributed by atoms with Crippen LogP contribution >= 0.6 is 0 Å². The van der Waals surface area contributed by atoms with Gasteiger partial charge in [0, 0.05) is 17.2 Å². The van der Waals surface area contributed by atoms with Crippen molar-refractivity contribution in [2.24, 2.45) is 5.92 Å². The van der Waals surface area contributed by atoms with Crippen LogP contribution in [-0.4, -0.2) is 33.3 Å². The van der Waals surface area contributed by atoms with E-state index in [1.54, 1.807) is 60.7 Å². The molecule has 1 aliphatic rings. The van der Waals surface area contributed by atoms with E-state index in [0.29, 0.717) is 27.9 Å². The summed E-state index contributed by atoms with van der Waals surface area (Å²) in [6.45, 7) is 5.15. The van der Waals surface area contributed by atoms with Gasteiger partial charge < -0.3 is 10.4 Å². The van der Waals surface area contributed by atoms with E-state index in [-0.39, 0.29) is 5.78 Å². The summed E-state index contributed by atoms with van der Waals surface area (Å²) < 4.78 is 14.1. The fourth-order valence-electron chi connectivity index (χ4n) is 6.21. The lowest BCUT2D eigenvalue weighted by atomic mass is 9.71. The van der Waals surface area contributed by atoms with Crippen LogP contribution in [0.3, 0.4) is 0 Å². The Morgan fingerprint density at radius 2 is 1.49 bits per heavy atom. The van der Waals surface area contributed by atoms with E-state index in [1.165, 1.54) is 36.1 Å². The predicted molar refractivity (Wildman–Crippen MR) is 160 cm³/mol. The van der Waals surface area contributed by atoms with Gasteiger partial charge in [0.15, 0.2) is 5.78 Å². The smallest absolute Gasteiger partial charge is 0.330 e. The molecule has 1 aliphatic heterocycles. The predicted octanol–water partition coefficient (Wildman–Crippen LogP) is 7.03. The number of carbonyl (C=O) groups is 3. The first kappa shape index (κ1) is 29.2. The van der Waals surface area contributed by atoms with Crippen molar-refractivity contribution in [3.05, 3.63) is 136 Å². The average molecular weight is 576 g/mol. The van der Waals surface area contributed by atoms with Crippen molar-refractivity contribution in [2.75, 3.05) is 5.32 Å². The number of nitrogens with one attached hydrogen (secondary N) is 1. The van der Waals surface area contributed by atoms with Crippen LogP contribution in [0.2, 0.25) is 0 Å². The fraction of sp³-hybridized carbons (Fsp3) is 0.200. The van der Waals surface area contributed by atoms with Crippen LogP contribution < -0.4 is 5.32 Å². The molecule has 216 valence electrons. The van der Waals surface area contributed by atoms with Crippen molar-refractivity contribution in [3.63, 3.8) is 0 Å². The molecular weight excluding hydrogens is 545 g/mol. The fourth-order valence-corrected chi connectivity index (χ4v) is 6.21. The van der Waals surface area contributed by atoms with Crippen molar-refractivity contribution in [2.45, 2.75) is 38.3 Å². The van der Waals surface area contributed by atoms with Crippen molar-refractivity contribution >= 4 is 23.5 Å². The van der Waals surface area contributed by atoms with E-state index >= 15 is 0 Å². The first-order chi connectivity index (χ1) is 20.5. The Morgan fingerprint density at radius 3 is 2.07 bits per heavy atom. The summed E-state index contributed by atoms with van der Waals surface area (Å²) in [7, 11) is 0. The summed E-state index contributed by atoms with van der Waals surface area (Å²) in [5, 5.41) is 23.2. The van der Waals surface area contributed by atoms with Crippen LogP contribution in [0.1, 0.15) is 57.1 Å². The van der Waals surface area contributed by atoms with Gasteiger partial charge in [-0.1, -0.05) is 60.2 Å². The Balaban J connectivity index is 1.78. The molecule has 2 N–H and O–H groups in total. The molecule has 1 saturated heterocycles. The number of rotatable bonds is 6. The van der Waals surface area contributed by atoms with E-state index in [1.807, 2.05) is 26.0 Å². The Morgan fingerprint density at radius 1 is 0.884 bits per heavy atom. The van der Waals surface area contributed by atoms with Gasteiger partial charge in [-0.25, -0.2) is 14.0 Å². The number of Topliss-reactive ketones (excluding diaryl/α,β-unsaturated/α-hetero) is 1. The molecule has 0 aliphatic carbocycles. The average Bonchev–Trinajstić information content (AvgIpc) is 3.27. The Bertz CT molecular complexity index is 1750. The first-order valence-corrected chi connectivity index (χ1v) is 13.8. The molecule has 5 rings (SSSR count). The summed E-state index contributed by atoms with van der Waals surface area (Å²) in [6.07, 6.45) is 0. The van der Waals surface area contributed by atoms with E-state index in [9.17, 15) is 29.1 Å². The number of benzene rings is 4. The van der Waals surface area contributed by atoms with Crippen LogP contribution in [0.25, 0.3) is 0 Å². The maximum absolute atomic E-state index is 14.6. The van der Waals surface area contributed by atoms with Gasteiger partial charge in [-0.15, -0.1) is 0 Å². The topological polar surface area (TPSA) is 111 Å². The van der Waals surface area contributed by atoms with E-state index in [4.69, 9.17) is 0 Å². The third kappa shape index (κ3) is 5.38. The largest absolute Gasteiger partial charge is 0.479 e. The van der Waals surface area contributed by atoms with Crippen molar-refractivity contribution in [3.8, 4) is 6.07 Å². The molecule has 0 spiro atoms. The number of anilines is 1. The van der Waals surface area contributed by atoms with E-state index < -0.39 is 41.2 Å². The molecule has 0 saturated carbocycles. The van der Waals surface area contributed by atoms with Gasteiger partial charge in [-0.3, -0.25) is 9.69 Å². The Kier molecular flexibility index (Phi) is 7.83. The molecule has 4 unspecified atom stereocenters. The van der Waals surface area contributed by atoms with Crippen LogP contribution in [0.4, 0.5) is 14.9 Å². The molecule has 2 amide bonds. The summed E-state index contributed by atoms with van der Waals surface area (Å²) in [6, 6.07) is 26.2. The number of carbonyl (C=O) groups excluding carboxylic acids is 2. The maximum Gasteiger partial charge on any atom is 0.330 e. The minimum absolute atomic E-state index is 0.356. The Hall–Kier alpha value is -5.29. The van der Waals surface area contributed by atoms with Gasteiger partial charge in [0.05, 0.1) is 23.6 Å². The van der Waals surface area contributed by atoms with Crippen molar-refractivity contribution in [1.82, 2.24) is 4.90 Å². The number of amides is 2. The molecule has 0 aromatic heterocycles. The van der Waals surface area contributed by atoms with Crippen LogP contribution in [0.5, 0.6) is 0 Å². The second-order valence-corrected chi connectivity index (χ2v) is 11.1. The normalized spacial score (nSPS) is 21.2. The molecule has 0 radical (unpaired) electrons. The summed E-state index contributed by atoms with van der Waals surface area (Å²) in [5.41, 5.74) is 1.87. The number of likely N-dealkylation sites (tertiary alicyclic amines) is 1. The molecule has 1 heterocycles. The zero-order valence-electron chi connectivity index (χ0n) is 23.9. The highest BCUT2D eigenvalue weighted by Gasteiger charge is 2.65. The molecule has 43 heavy (non-hydrogen) atoms. The molecule has 8 heteroatoms. The molecule has 7 nitrogen and oxygen atoms in total. The number of nitriles is 1. The number of hydrogen-bond acceptors (Lipinski definition) is 4. The number of carboxylic acid groups (broad SMARTS) is 1. The first-order valence-electron chi connectivity index (χ1n) is 13.8. The minimum atomic E-state index is -1.95. The molecule has 0 bridgehead atoms. The number of nitrogens with zero attached hydrogens (tertiary/aromatic N) is 2. The third-order valence-electron chi connectivity index (χ3n) is 8.22. The monoisotopic (exact) mass is 575 g/mol. The zero-order valence-corrected chi connectivity index (χ0v) is 23.9. The number of hydrogen-bond donors (Lipinski definition) is 2. The molecular formula is C35H30FN3O4. The number of carboxylic acids is 1. The quantitative estimate of drug-likeness (QED) is 0.240. The molecule has 4 atom stereocenters. The lowest BCUT2D eigenvalue weighted by Crippen LogP contribution is -2.55. The lowest BCUT2D eigenvalue weighted by molar-refractivity contribution is -0.148. The highest BCUT2D eigenvalue weighted by Crippen LogP contribution is 2.56. The van der Waals surface area contributed by atoms with Gasteiger partial charge in [0.2, 0.25) is 0 Å². The number of halogens is 1. The number of aliphatic carboxylic acids is 1. The maximum atomic E-state index is 14.6. The summed E-state index contributed by atoms with van der Waals surface area (Å²) in [4.78, 5) is 43.4. The second kappa shape index (κ2) is 11.5. The second-order valence-electron chi connectivity index (χ2n) is 11.1. The van der Waals surface area contributed by atoms with Gasteiger partial charge >= 0.3 is 12.0 Å². The third-order valence-corrected chi connectivity index (χ3v) is 8.22. The summed E-state index contributed by atoms with van der Waals surface area (Å²) >= 11 is 0. The van der Waals surface area contributed by atoms with Crippen LogP contribution in [0, 0.1) is 36.9 Å². The molecule has 1 fully saturated rings. The number of ketones is 1. The lowest BCUT2D eigenvalue weighted by Gasteiger charge is -2.37. The van der Waals surface area contributed by atoms with Gasteiger partial charge in [-0.2, -0.15) is 5.26 Å². The Labute approximate surface area is 249 Å².